The highest BCUT2D eigenvalue weighted by Crippen LogP contribution is 2.12. The molecule has 0 aromatic carbocycles. The fraction of sp³-hybridized carbons (Fsp3) is 0.667. The van der Waals surface area contributed by atoms with Crippen molar-refractivity contribution in [2.45, 2.75) is 53.1 Å². The van der Waals surface area contributed by atoms with Crippen molar-refractivity contribution in [3.63, 3.8) is 0 Å². The Balaban J connectivity index is 4.66. The van der Waals surface area contributed by atoms with E-state index in [0.29, 0.717) is 13.1 Å². The molecule has 18 heavy (non-hydrogen) atoms. The molecule has 0 aliphatic rings. The molecule has 0 fully saturated rings. The van der Waals surface area contributed by atoms with Gasteiger partial charge in [-0.25, -0.2) is 4.79 Å². The molecule has 0 spiro atoms. The molecule has 0 unspecified atom stereocenters. The summed E-state index contributed by atoms with van der Waals surface area (Å²) in [5.41, 5.74) is 0.788. The second-order valence-electron chi connectivity index (χ2n) is 5.28. The van der Waals surface area contributed by atoms with Crippen LogP contribution < -0.4 is 0 Å². The van der Waals surface area contributed by atoms with Gasteiger partial charge in [0.25, 0.3) is 0 Å². The standard InChI is InChI=1S/C15H27NO2/c1-7-10-11-16(12-13(8-2)9-3)14(17)18-15(4,5)6/h7-8H,1,9-12H2,2-6H3. The molecule has 0 rings (SSSR count). The minimum atomic E-state index is -0.453. The number of hydrogen-bond donors (Lipinski definition) is 0. The van der Waals surface area contributed by atoms with Gasteiger partial charge in [-0.05, 0) is 40.5 Å². The summed E-state index contributed by atoms with van der Waals surface area (Å²) in [5.74, 6) is 0. The van der Waals surface area contributed by atoms with Crippen molar-refractivity contribution in [2.24, 2.45) is 0 Å². The van der Waals surface area contributed by atoms with Crippen molar-refractivity contribution in [1.82, 2.24) is 4.90 Å². The molecule has 0 aliphatic carbocycles. The number of carbonyl (C=O) groups is 1. The van der Waals surface area contributed by atoms with Gasteiger partial charge >= 0.3 is 6.09 Å². The van der Waals surface area contributed by atoms with Gasteiger partial charge in [-0.3, -0.25) is 0 Å². The summed E-state index contributed by atoms with van der Waals surface area (Å²) >= 11 is 0. The van der Waals surface area contributed by atoms with E-state index < -0.39 is 5.60 Å². The Morgan fingerprint density at radius 1 is 1.39 bits per heavy atom. The Morgan fingerprint density at radius 2 is 2.00 bits per heavy atom. The van der Waals surface area contributed by atoms with E-state index in [4.69, 9.17) is 4.74 Å². The smallest absolute Gasteiger partial charge is 0.410 e. The van der Waals surface area contributed by atoms with Crippen LogP contribution in [0.3, 0.4) is 0 Å². The summed E-state index contributed by atoms with van der Waals surface area (Å²) in [6, 6.07) is 0. The number of rotatable bonds is 6. The molecule has 104 valence electrons. The number of hydrogen-bond acceptors (Lipinski definition) is 2. The third-order valence-electron chi connectivity index (χ3n) is 2.51. The highest BCUT2D eigenvalue weighted by atomic mass is 16.6. The monoisotopic (exact) mass is 253 g/mol. The van der Waals surface area contributed by atoms with E-state index in [1.165, 1.54) is 5.57 Å². The van der Waals surface area contributed by atoms with Crippen LogP contribution in [0.25, 0.3) is 0 Å². The van der Waals surface area contributed by atoms with E-state index in [0.717, 1.165) is 12.8 Å². The molecule has 3 nitrogen and oxygen atoms in total. The van der Waals surface area contributed by atoms with E-state index in [1.807, 2.05) is 33.8 Å². The first-order valence-electron chi connectivity index (χ1n) is 6.57. The van der Waals surface area contributed by atoms with Gasteiger partial charge in [0.1, 0.15) is 5.60 Å². The predicted octanol–water partition coefficient (Wildman–Crippen LogP) is 4.16. The van der Waals surface area contributed by atoms with Gasteiger partial charge in [0.15, 0.2) is 0 Å². The second-order valence-corrected chi connectivity index (χ2v) is 5.28. The average Bonchev–Trinajstić information content (AvgIpc) is 2.27. The lowest BCUT2D eigenvalue weighted by Gasteiger charge is -2.27. The maximum absolute atomic E-state index is 12.1. The van der Waals surface area contributed by atoms with Crippen LogP contribution in [0, 0.1) is 0 Å². The molecule has 0 aliphatic heterocycles. The maximum atomic E-state index is 12.1. The molecule has 0 saturated carbocycles. The Kier molecular flexibility index (Phi) is 7.41. The van der Waals surface area contributed by atoms with E-state index >= 15 is 0 Å². The van der Waals surface area contributed by atoms with Crippen molar-refractivity contribution < 1.29 is 9.53 Å². The van der Waals surface area contributed by atoms with Gasteiger partial charge in [0.2, 0.25) is 0 Å². The van der Waals surface area contributed by atoms with Crippen LogP contribution in [0.1, 0.15) is 47.5 Å². The van der Waals surface area contributed by atoms with E-state index in [-0.39, 0.29) is 6.09 Å². The zero-order valence-corrected chi connectivity index (χ0v) is 12.5. The van der Waals surface area contributed by atoms with Gasteiger partial charge in [-0.2, -0.15) is 0 Å². The van der Waals surface area contributed by atoms with Crippen molar-refractivity contribution in [3.8, 4) is 0 Å². The van der Waals surface area contributed by atoms with Crippen molar-refractivity contribution in [2.75, 3.05) is 13.1 Å². The summed E-state index contributed by atoms with van der Waals surface area (Å²) < 4.78 is 5.41. The first kappa shape index (κ1) is 16.8. The number of allylic oxidation sites excluding steroid dienone is 1. The van der Waals surface area contributed by atoms with Crippen LogP contribution in [-0.4, -0.2) is 29.7 Å². The summed E-state index contributed by atoms with van der Waals surface area (Å²) in [5, 5.41) is 0. The van der Waals surface area contributed by atoms with Crippen LogP contribution >= 0.6 is 0 Å². The molecule has 0 aromatic rings. The Labute approximate surface area is 112 Å². The number of nitrogens with zero attached hydrogens (tertiary/aromatic N) is 1. The molecule has 0 radical (unpaired) electrons. The first-order valence-corrected chi connectivity index (χ1v) is 6.57. The minimum absolute atomic E-state index is 0.253. The second kappa shape index (κ2) is 7.96. The van der Waals surface area contributed by atoms with Crippen LogP contribution in [0.4, 0.5) is 4.79 Å². The summed E-state index contributed by atoms with van der Waals surface area (Å²) in [4.78, 5) is 13.8. The zero-order valence-electron chi connectivity index (χ0n) is 12.5. The lowest BCUT2D eigenvalue weighted by Crippen LogP contribution is -2.38. The topological polar surface area (TPSA) is 29.5 Å². The molecule has 0 aromatic heterocycles. The molecular formula is C15H27NO2. The third kappa shape index (κ3) is 7.15. The number of carbonyl (C=O) groups excluding carboxylic acids is 1. The first-order chi connectivity index (χ1) is 8.34. The van der Waals surface area contributed by atoms with E-state index in [9.17, 15) is 4.79 Å². The van der Waals surface area contributed by atoms with Crippen molar-refractivity contribution in [3.05, 3.63) is 24.3 Å². The lowest BCUT2D eigenvalue weighted by atomic mass is 10.2. The Hall–Kier alpha value is -1.25. The van der Waals surface area contributed by atoms with E-state index in [2.05, 4.69) is 19.6 Å². The minimum Gasteiger partial charge on any atom is -0.444 e. The molecule has 1 amide bonds. The van der Waals surface area contributed by atoms with Gasteiger partial charge in [-0.1, -0.05) is 24.6 Å². The zero-order chi connectivity index (χ0) is 14.2. The normalized spacial score (nSPS) is 12.2. The fourth-order valence-corrected chi connectivity index (χ4v) is 1.46. The molecular weight excluding hydrogens is 226 g/mol. The van der Waals surface area contributed by atoms with Gasteiger partial charge in [-0.15, -0.1) is 6.58 Å². The van der Waals surface area contributed by atoms with Crippen LogP contribution in [-0.2, 0) is 4.74 Å². The number of ether oxygens (including phenoxy) is 1. The Morgan fingerprint density at radius 3 is 2.39 bits per heavy atom. The van der Waals surface area contributed by atoms with Gasteiger partial charge in [0, 0.05) is 13.1 Å². The highest BCUT2D eigenvalue weighted by Gasteiger charge is 2.21. The summed E-state index contributed by atoms with van der Waals surface area (Å²) in [6.07, 6.45) is 5.35. The fourth-order valence-electron chi connectivity index (χ4n) is 1.46. The molecule has 0 atom stereocenters. The number of amides is 1. The van der Waals surface area contributed by atoms with Crippen LogP contribution in [0.15, 0.2) is 24.3 Å². The van der Waals surface area contributed by atoms with E-state index in [1.54, 1.807) is 4.90 Å². The van der Waals surface area contributed by atoms with Crippen LogP contribution in [0.5, 0.6) is 0 Å². The van der Waals surface area contributed by atoms with Gasteiger partial charge < -0.3 is 9.64 Å². The molecule has 0 N–H and O–H groups in total. The lowest BCUT2D eigenvalue weighted by molar-refractivity contribution is 0.0269. The summed E-state index contributed by atoms with van der Waals surface area (Å²) in [6.45, 7) is 14.7. The highest BCUT2D eigenvalue weighted by molar-refractivity contribution is 5.68. The molecule has 0 bridgehead atoms. The summed E-state index contributed by atoms with van der Waals surface area (Å²) in [7, 11) is 0. The van der Waals surface area contributed by atoms with Crippen LogP contribution in [0.2, 0.25) is 0 Å². The maximum Gasteiger partial charge on any atom is 0.410 e. The molecule has 0 heterocycles. The van der Waals surface area contributed by atoms with Gasteiger partial charge in [0.05, 0.1) is 0 Å². The van der Waals surface area contributed by atoms with Crippen molar-refractivity contribution >= 4 is 6.09 Å². The largest absolute Gasteiger partial charge is 0.444 e. The average molecular weight is 253 g/mol. The molecule has 3 heteroatoms. The van der Waals surface area contributed by atoms with Crippen molar-refractivity contribution in [1.29, 1.82) is 0 Å². The SMILES string of the molecule is C=CCCN(CC(=CC)CC)C(=O)OC(C)(C)C. The quantitative estimate of drug-likeness (QED) is 0.665. The molecule has 0 saturated heterocycles. The third-order valence-corrected chi connectivity index (χ3v) is 2.51. The Bertz CT molecular complexity index is 300. The predicted molar refractivity (Wildman–Crippen MR) is 76.7 cm³/mol.